The molecule has 0 saturated carbocycles. The number of hydrogen-bond acceptors (Lipinski definition) is 4. The molecule has 1 fully saturated rings. The molecule has 4 nitrogen and oxygen atoms in total. The summed E-state index contributed by atoms with van der Waals surface area (Å²) in [6.07, 6.45) is -0.416. The van der Waals surface area contributed by atoms with Crippen LogP contribution in [0.4, 0.5) is 0 Å². The molecular weight excluding hydrogens is 288 g/mol. The van der Waals surface area contributed by atoms with Gasteiger partial charge in [0.15, 0.2) is 6.29 Å². The fourth-order valence-electron chi connectivity index (χ4n) is 1.48. The lowest BCUT2D eigenvalue weighted by atomic mass is 10.2. The number of alkyl halides is 1. The summed E-state index contributed by atoms with van der Waals surface area (Å²) in [6.45, 7) is 0.649. The van der Waals surface area contributed by atoms with Crippen LogP contribution in [0.1, 0.15) is 10.4 Å². The van der Waals surface area contributed by atoms with Crippen LogP contribution >= 0.6 is 15.9 Å². The first-order valence-electron chi connectivity index (χ1n) is 5.35. The standard InChI is InChI=1S/C12H13BrO4/c13-6-10-7-15-11(17-10)8-16-12(14)9-4-2-1-3-5-9/h1-5,10-11H,6-8H2/t10-,11+/m0/s1. The molecule has 0 bridgehead atoms. The molecule has 0 spiro atoms. The molecule has 0 aliphatic carbocycles. The highest BCUT2D eigenvalue weighted by Gasteiger charge is 2.26. The molecule has 0 radical (unpaired) electrons. The maximum Gasteiger partial charge on any atom is 0.338 e. The number of rotatable bonds is 4. The fourth-order valence-corrected chi connectivity index (χ4v) is 1.82. The molecule has 5 heteroatoms. The van der Waals surface area contributed by atoms with E-state index in [9.17, 15) is 4.79 Å². The van der Waals surface area contributed by atoms with E-state index >= 15 is 0 Å². The van der Waals surface area contributed by atoms with Gasteiger partial charge in [0.05, 0.1) is 18.3 Å². The first kappa shape index (κ1) is 12.5. The number of ether oxygens (including phenoxy) is 3. The summed E-state index contributed by atoms with van der Waals surface area (Å²) in [4.78, 5) is 11.6. The van der Waals surface area contributed by atoms with Crippen LogP contribution in [0.25, 0.3) is 0 Å². The van der Waals surface area contributed by atoms with Gasteiger partial charge in [0.2, 0.25) is 0 Å². The summed E-state index contributed by atoms with van der Waals surface area (Å²) in [5.41, 5.74) is 0.530. The molecule has 0 unspecified atom stereocenters. The van der Waals surface area contributed by atoms with E-state index in [1.165, 1.54) is 0 Å². The Morgan fingerprint density at radius 3 is 2.82 bits per heavy atom. The molecule has 2 atom stereocenters. The van der Waals surface area contributed by atoms with Gasteiger partial charge >= 0.3 is 5.97 Å². The number of carbonyl (C=O) groups is 1. The second kappa shape index (κ2) is 6.14. The van der Waals surface area contributed by atoms with Gasteiger partial charge in [-0.15, -0.1) is 0 Å². The Labute approximate surface area is 108 Å². The third kappa shape index (κ3) is 3.52. The van der Waals surface area contributed by atoms with Crippen LogP contribution in [0.3, 0.4) is 0 Å². The molecule has 2 rings (SSSR count). The van der Waals surface area contributed by atoms with Crippen LogP contribution in [-0.2, 0) is 14.2 Å². The highest BCUT2D eigenvalue weighted by atomic mass is 79.9. The highest BCUT2D eigenvalue weighted by molar-refractivity contribution is 9.09. The molecule has 1 aromatic rings. The molecule has 1 saturated heterocycles. The van der Waals surface area contributed by atoms with Crippen molar-refractivity contribution in [2.24, 2.45) is 0 Å². The summed E-state index contributed by atoms with van der Waals surface area (Å²) in [6, 6.07) is 8.85. The Morgan fingerprint density at radius 1 is 1.41 bits per heavy atom. The predicted molar refractivity (Wildman–Crippen MR) is 65.1 cm³/mol. The van der Waals surface area contributed by atoms with Gasteiger partial charge in [-0.05, 0) is 12.1 Å². The Morgan fingerprint density at radius 2 is 2.18 bits per heavy atom. The number of halogens is 1. The number of esters is 1. The van der Waals surface area contributed by atoms with E-state index < -0.39 is 6.29 Å². The zero-order valence-corrected chi connectivity index (χ0v) is 10.8. The second-order valence-electron chi connectivity index (χ2n) is 3.64. The first-order chi connectivity index (χ1) is 8.29. The third-order valence-corrected chi connectivity index (χ3v) is 3.07. The van der Waals surface area contributed by atoms with Gasteiger partial charge in [-0.1, -0.05) is 34.1 Å². The molecule has 0 N–H and O–H groups in total. The summed E-state index contributed by atoms with van der Waals surface area (Å²) < 4.78 is 15.9. The average Bonchev–Trinajstić information content (AvgIpc) is 2.85. The number of hydrogen-bond donors (Lipinski definition) is 0. The second-order valence-corrected chi connectivity index (χ2v) is 4.29. The summed E-state index contributed by atoms with van der Waals surface area (Å²) in [7, 11) is 0. The van der Waals surface area contributed by atoms with Crippen LogP contribution in [0.5, 0.6) is 0 Å². The fraction of sp³-hybridized carbons (Fsp3) is 0.417. The maximum atomic E-state index is 11.6. The van der Waals surface area contributed by atoms with Gasteiger partial charge in [-0.2, -0.15) is 0 Å². The van der Waals surface area contributed by atoms with Gasteiger partial charge in [0.1, 0.15) is 6.61 Å². The van der Waals surface area contributed by atoms with Crippen molar-refractivity contribution in [1.29, 1.82) is 0 Å². The van der Waals surface area contributed by atoms with Crippen molar-refractivity contribution < 1.29 is 19.0 Å². The summed E-state index contributed by atoms with van der Waals surface area (Å²) in [5.74, 6) is -0.361. The Balaban J connectivity index is 1.78. The minimum Gasteiger partial charge on any atom is -0.457 e. The molecule has 1 aromatic carbocycles. The van der Waals surface area contributed by atoms with E-state index in [2.05, 4.69) is 15.9 Å². The average molecular weight is 301 g/mol. The monoisotopic (exact) mass is 300 g/mol. The minimum atomic E-state index is -0.454. The van der Waals surface area contributed by atoms with Crippen molar-refractivity contribution >= 4 is 21.9 Å². The summed E-state index contributed by atoms with van der Waals surface area (Å²) >= 11 is 3.31. The van der Waals surface area contributed by atoms with E-state index in [-0.39, 0.29) is 18.7 Å². The van der Waals surface area contributed by atoms with Crippen molar-refractivity contribution in [3.63, 3.8) is 0 Å². The van der Waals surface area contributed by atoms with Gasteiger partial charge in [-0.3, -0.25) is 0 Å². The lowest BCUT2D eigenvalue weighted by Crippen LogP contribution is -2.21. The Bertz CT molecular complexity index is 368. The zero-order valence-electron chi connectivity index (χ0n) is 9.17. The van der Waals surface area contributed by atoms with E-state index in [1.54, 1.807) is 24.3 Å². The van der Waals surface area contributed by atoms with Crippen molar-refractivity contribution in [1.82, 2.24) is 0 Å². The predicted octanol–water partition coefficient (Wildman–Crippen LogP) is 1.98. The van der Waals surface area contributed by atoms with Gasteiger partial charge in [0, 0.05) is 5.33 Å². The Hall–Kier alpha value is -0.910. The molecule has 17 heavy (non-hydrogen) atoms. The van der Waals surface area contributed by atoms with Crippen molar-refractivity contribution in [3.8, 4) is 0 Å². The van der Waals surface area contributed by atoms with Crippen LogP contribution in [-0.4, -0.2) is 36.9 Å². The van der Waals surface area contributed by atoms with Gasteiger partial charge in [0.25, 0.3) is 0 Å². The van der Waals surface area contributed by atoms with Gasteiger partial charge in [-0.25, -0.2) is 4.79 Å². The van der Waals surface area contributed by atoms with Crippen LogP contribution < -0.4 is 0 Å². The summed E-state index contributed by atoms with van der Waals surface area (Å²) in [5, 5.41) is 0.718. The van der Waals surface area contributed by atoms with Crippen molar-refractivity contribution in [2.45, 2.75) is 12.4 Å². The SMILES string of the molecule is O=C(OC[C@@H]1OC[C@H](CBr)O1)c1ccccc1. The van der Waals surface area contributed by atoms with E-state index in [0.717, 1.165) is 5.33 Å². The first-order valence-corrected chi connectivity index (χ1v) is 6.47. The molecule has 92 valence electrons. The molecule has 0 amide bonds. The molecular formula is C12H13BrO4. The molecule has 1 aliphatic heterocycles. The largest absolute Gasteiger partial charge is 0.457 e. The minimum absolute atomic E-state index is 0.0374. The number of benzene rings is 1. The zero-order chi connectivity index (χ0) is 12.1. The maximum absolute atomic E-state index is 11.6. The molecule has 0 aromatic heterocycles. The topological polar surface area (TPSA) is 44.8 Å². The number of carbonyl (C=O) groups excluding carboxylic acids is 1. The lowest BCUT2D eigenvalue weighted by molar-refractivity contribution is -0.0898. The highest BCUT2D eigenvalue weighted by Crippen LogP contribution is 2.14. The Kier molecular flexibility index (Phi) is 4.53. The van der Waals surface area contributed by atoms with Crippen LogP contribution in [0.2, 0.25) is 0 Å². The normalized spacial score (nSPS) is 23.6. The third-order valence-electron chi connectivity index (χ3n) is 2.34. The molecule has 1 aliphatic rings. The smallest absolute Gasteiger partial charge is 0.338 e. The van der Waals surface area contributed by atoms with Crippen LogP contribution in [0.15, 0.2) is 30.3 Å². The van der Waals surface area contributed by atoms with E-state index in [4.69, 9.17) is 14.2 Å². The van der Waals surface area contributed by atoms with Crippen molar-refractivity contribution in [3.05, 3.63) is 35.9 Å². The lowest BCUT2D eigenvalue weighted by Gasteiger charge is -2.10. The van der Waals surface area contributed by atoms with Crippen molar-refractivity contribution in [2.75, 3.05) is 18.5 Å². The van der Waals surface area contributed by atoms with E-state index in [1.807, 2.05) is 6.07 Å². The van der Waals surface area contributed by atoms with Gasteiger partial charge < -0.3 is 14.2 Å². The quantitative estimate of drug-likeness (QED) is 0.630. The molecule has 1 heterocycles. The van der Waals surface area contributed by atoms with E-state index in [0.29, 0.717) is 12.2 Å². The van der Waals surface area contributed by atoms with Crippen LogP contribution in [0, 0.1) is 0 Å².